The van der Waals surface area contributed by atoms with Gasteiger partial charge in [0.2, 0.25) is 0 Å². The molecular weight excluding hydrogens is 264 g/mol. The van der Waals surface area contributed by atoms with Gasteiger partial charge in [0.05, 0.1) is 11.6 Å². The molecule has 84 valence electrons. The highest BCUT2D eigenvalue weighted by molar-refractivity contribution is 6.35. The summed E-state index contributed by atoms with van der Waals surface area (Å²) in [7, 11) is 0. The first-order valence-corrected chi connectivity index (χ1v) is 6.01. The zero-order chi connectivity index (χ0) is 11.5. The van der Waals surface area contributed by atoms with Crippen molar-refractivity contribution >= 4 is 34.8 Å². The van der Waals surface area contributed by atoms with E-state index in [2.05, 4.69) is 5.32 Å². The number of nitrogens with one attached hydrogen (secondary N) is 1. The molecule has 0 spiro atoms. The molecule has 2 rings (SSSR count). The molecule has 0 saturated carbocycles. The maximum atomic E-state index is 6.09. The molecule has 1 heterocycles. The van der Waals surface area contributed by atoms with Crippen molar-refractivity contribution in [3.63, 3.8) is 0 Å². The van der Waals surface area contributed by atoms with Crippen LogP contribution in [-0.2, 0) is 6.42 Å². The Morgan fingerprint density at radius 3 is 2.38 bits per heavy atom. The second-order valence-electron chi connectivity index (χ2n) is 3.57. The molecule has 1 aliphatic heterocycles. The third kappa shape index (κ3) is 2.94. The Bertz CT molecular complexity index is 446. The van der Waals surface area contributed by atoms with Crippen molar-refractivity contribution in [1.82, 2.24) is 5.32 Å². The molecule has 0 bridgehead atoms. The molecule has 0 saturated heterocycles. The van der Waals surface area contributed by atoms with Crippen molar-refractivity contribution in [2.45, 2.75) is 6.42 Å². The molecule has 1 N–H and O–H groups in total. The first-order chi connectivity index (χ1) is 7.65. The van der Waals surface area contributed by atoms with Gasteiger partial charge < -0.3 is 5.32 Å². The zero-order valence-electron chi connectivity index (χ0n) is 8.43. The van der Waals surface area contributed by atoms with Gasteiger partial charge in [-0.05, 0) is 23.8 Å². The lowest BCUT2D eigenvalue weighted by molar-refractivity contribution is 0.833. The van der Waals surface area contributed by atoms with Crippen molar-refractivity contribution in [2.75, 3.05) is 6.54 Å². The van der Waals surface area contributed by atoms with Crippen molar-refractivity contribution in [1.29, 1.82) is 0 Å². The lowest BCUT2D eigenvalue weighted by atomic mass is 10.1. The molecule has 0 amide bonds. The molecule has 0 fully saturated rings. The number of rotatable bonds is 2. The average molecular weight is 275 g/mol. The van der Waals surface area contributed by atoms with Crippen LogP contribution in [0.1, 0.15) is 5.56 Å². The summed E-state index contributed by atoms with van der Waals surface area (Å²) in [5, 5.41) is 5.33. The summed E-state index contributed by atoms with van der Waals surface area (Å²) in [5.74, 6) is 0. The molecule has 0 aromatic heterocycles. The van der Waals surface area contributed by atoms with E-state index in [9.17, 15) is 0 Å². The van der Waals surface area contributed by atoms with E-state index in [0.717, 1.165) is 27.7 Å². The van der Waals surface area contributed by atoms with Crippen LogP contribution in [0.4, 0.5) is 0 Å². The summed E-state index contributed by atoms with van der Waals surface area (Å²) in [4.78, 5) is 0. The van der Waals surface area contributed by atoms with Gasteiger partial charge in [0, 0.05) is 22.2 Å². The first kappa shape index (κ1) is 11.8. The van der Waals surface area contributed by atoms with Crippen LogP contribution in [0.15, 0.2) is 46.1 Å². The standard InChI is InChI=1S/C12H10Cl3N/c13-9-3-1-8(2-4-9)5-12-11(15)6-10(14)7-16-12/h1-4,6,16H,5,7H2. The second-order valence-corrected chi connectivity index (χ2v) is 4.90. The van der Waals surface area contributed by atoms with Gasteiger partial charge in [-0.15, -0.1) is 0 Å². The van der Waals surface area contributed by atoms with E-state index in [-0.39, 0.29) is 0 Å². The summed E-state index contributed by atoms with van der Waals surface area (Å²) >= 11 is 17.8. The van der Waals surface area contributed by atoms with Crippen molar-refractivity contribution in [2.24, 2.45) is 0 Å². The number of allylic oxidation sites excluding steroid dienone is 3. The monoisotopic (exact) mass is 273 g/mol. The normalized spacial score (nSPS) is 15.8. The number of dihydropyridines is 1. The number of benzene rings is 1. The molecular formula is C12H10Cl3N. The zero-order valence-corrected chi connectivity index (χ0v) is 10.7. The van der Waals surface area contributed by atoms with E-state index in [4.69, 9.17) is 34.8 Å². The lowest BCUT2D eigenvalue weighted by Crippen LogP contribution is -2.21. The van der Waals surface area contributed by atoms with Gasteiger partial charge in [-0.25, -0.2) is 0 Å². The van der Waals surface area contributed by atoms with Gasteiger partial charge in [0.15, 0.2) is 0 Å². The molecule has 1 aliphatic rings. The predicted molar refractivity (Wildman–Crippen MR) is 70.0 cm³/mol. The van der Waals surface area contributed by atoms with E-state index in [0.29, 0.717) is 11.6 Å². The van der Waals surface area contributed by atoms with Crippen LogP contribution < -0.4 is 5.32 Å². The predicted octanol–water partition coefficient (Wildman–Crippen LogP) is 4.06. The Labute approximate surface area is 110 Å². The Morgan fingerprint density at radius 1 is 1.06 bits per heavy atom. The molecule has 0 aliphatic carbocycles. The highest BCUT2D eigenvalue weighted by Gasteiger charge is 2.10. The van der Waals surface area contributed by atoms with Crippen molar-refractivity contribution in [3.05, 3.63) is 56.7 Å². The first-order valence-electron chi connectivity index (χ1n) is 4.88. The van der Waals surface area contributed by atoms with Gasteiger partial charge in [0.25, 0.3) is 0 Å². The van der Waals surface area contributed by atoms with Crippen LogP contribution >= 0.6 is 34.8 Å². The van der Waals surface area contributed by atoms with Crippen LogP contribution in [0.3, 0.4) is 0 Å². The number of halogens is 3. The Morgan fingerprint density at radius 2 is 1.75 bits per heavy atom. The minimum absolute atomic E-state index is 0.640. The maximum Gasteiger partial charge on any atom is 0.0611 e. The third-order valence-electron chi connectivity index (χ3n) is 2.34. The van der Waals surface area contributed by atoms with Crippen LogP contribution in [0.2, 0.25) is 5.02 Å². The topological polar surface area (TPSA) is 12.0 Å². The van der Waals surface area contributed by atoms with E-state index >= 15 is 0 Å². The average Bonchev–Trinajstić information content (AvgIpc) is 2.25. The fraction of sp³-hybridized carbons (Fsp3) is 0.167. The van der Waals surface area contributed by atoms with Crippen molar-refractivity contribution < 1.29 is 0 Å². The Balaban J connectivity index is 2.16. The van der Waals surface area contributed by atoms with Crippen LogP contribution in [0.25, 0.3) is 0 Å². The van der Waals surface area contributed by atoms with Gasteiger partial charge in [-0.3, -0.25) is 0 Å². The number of hydrogen-bond donors (Lipinski definition) is 1. The summed E-state index contributed by atoms with van der Waals surface area (Å²) in [6.45, 7) is 0.640. The van der Waals surface area contributed by atoms with Crippen LogP contribution in [0, 0.1) is 0 Å². The summed E-state index contributed by atoms with van der Waals surface area (Å²) in [6, 6.07) is 7.72. The minimum atomic E-state index is 0.640. The molecule has 4 heteroatoms. The Kier molecular flexibility index (Phi) is 3.80. The third-order valence-corrected chi connectivity index (χ3v) is 3.17. The number of hydrogen-bond acceptors (Lipinski definition) is 1. The summed E-state index contributed by atoms with van der Waals surface area (Å²) in [6.07, 6.45) is 2.54. The maximum absolute atomic E-state index is 6.09. The fourth-order valence-electron chi connectivity index (χ4n) is 1.50. The van der Waals surface area contributed by atoms with Gasteiger partial charge in [-0.2, -0.15) is 0 Å². The molecule has 1 nitrogen and oxygen atoms in total. The quantitative estimate of drug-likeness (QED) is 0.857. The SMILES string of the molecule is ClC1=CC(Cl)=C(Cc2ccc(Cl)cc2)NC1. The minimum Gasteiger partial charge on any atom is -0.382 e. The van der Waals surface area contributed by atoms with Crippen LogP contribution in [0.5, 0.6) is 0 Å². The highest BCUT2D eigenvalue weighted by Crippen LogP contribution is 2.22. The molecule has 0 radical (unpaired) electrons. The van der Waals surface area contributed by atoms with Crippen LogP contribution in [-0.4, -0.2) is 6.54 Å². The van der Waals surface area contributed by atoms with Gasteiger partial charge in [0.1, 0.15) is 0 Å². The van der Waals surface area contributed by atoms with E-state index in [1.807, 2.05) is 24.3 Å². The molecule has 0 atom stereocenters. The van der Waals surface area contributed by atoms with E-state index in [1.54, 1.807) is 6.08 Å². The second kappa shape index (κ2) is 5.13. The molecule has 1 aromatic rings. The summed E-state index contributed by atoms with van der Waals surface area (Å²) < 4.78 is 0. The smallest absolute Gasteiger partial charge is 0.0611 e. The molecule has 16 heavy (non-hydrogen) atoms. The highest BCUT2D eigenvalue weighted by atomic mass is 35.5. The largest absolute Gasteiger partial charge is 0.382 e. The van der Waals surface area contributed by atoms with E-state index < -0.39 is 0 Å². The summed E-state index contributed by atoms with van der Waals surface area (Å²) in [5.41, 5.74) is 2.16. The van der Waals surface area contributed by atoms with E-state index in [1.165, 1.54) is 0 Å². The fourth-order valence-corrected chi connectivity index (χ4v) is 2.13. The Hall–Kier alpha value is -0.630. The van der Waals surface area contributed by atoms with Gasteiger partial charge in [-0.1, -0.05) is 46.9 Å². The molecule has 1 aromatic carbocycles. The van der Waals surface area contributed by atoms with Crippen molar-refractivity contribution in [3.8, 4) is 0 Å². The molecule has 0 unspecified atom stereocenters. The van der Waals surface area contributed by atoms with Gasteiger partial charge >= 0.3 is 0 Å². The lowest BCUT2D eigenvalue weighted by Gasteiger charge is -2.16.